The van der Waals surface area contributed by atoms with Crippen LogP contribution in [0, 0.1) is 5.92 Å². The molecule has 0 aromatic heterocycles. The molecule has 2 atom stereocenters. The number of hydrogen-bond donors (Lipinski definition) is 0. The highest BCUT2D eigenvalue weighted by molar-refractivity contribution is 5.86. The predicted octanol–water partition coefficient (Wildman–Crippen LogP) is 5.38. The second-order valence-corrected chi connectivity index (χ2v) is 7.28. The Morgan fingerprint density at radius 1 is 0.962 bits per heavy atom. The van der Waals surface area contributed by atoms with E-state index in [2.05, 4.69) is 66.4 Å². The molecule has 0 saturated carbocycles. The summed E-state index contributed by atoms with van der Waals surface area (Å²) in [5.74, 6) is 0.474. The zero-order valence-corrected chi connectivity index (χ0v) is 15.3. The van der Waals surface area contributed by atoms with Crippen LogP contribution in [0.1, 0.15) is 36.9 Å². The molecule has 2 nitrogen and oxygen atoms in total. The van der Waals surface area contributed by atoms with E-state index in [1.807, 2.05) is 18.2 Å². The van der Waals surface area contributed by atoms with E-state index in [-0.39, 0.29) is 12.0 Å². The van der Waals surface area contributed by atoms with Crippen molar-refractivity contribution in [1.29, 1.82) is 0 Å². The molecule has 0 bridgehead atoms. The van der Waals surface area contributed by atoms with Gasteiger partial charge in [0, 0.05) is 12.5 Å². The van der Waals surface area contributed by atoms with Gasteiger partial charge in [0.05, 0.1) is 6.04 Å². The summed E-state index contributed by atoms with van der Waals surface area (Å²) >= 11 is 0. The highest BCUT2D eigenvalue weighted by Crippen LogP contribution is 2.31. The average molecular weight is 343 g/mol. The Bertz CT molecular complexity index is 897. The Balaban J connectivity index is 1.44. The first-order valence-corrected chi connectivity index (χ1v) is 9.56. The number of hydrogen-bond acceptors (Lipinski definition) is 1. The van der Waals surface area contributed by atoms with Crippen LogP contribution in [0.5, 0.6) is 0 Å². The lowest BCUT2D eigenvalue weighted by atomic mass is 9.95. The minimum atomic E-state index is 0.153. The summed E-state index contributed by atoms with van der Waals surface area (Å²) in [6, 6.07) is 25.5. The summed E-state index contributed by atoms with van der Waals surface area (Å²) in [6.07, 6.45) is 2.87. The van der Waals surface area contributed by atoms with Gasteiger partial charge < -0.3 is 4.90 Å². The number of carbonyl (C=O) groups is 1. The van der Waals surface area contributed by atoms with Gasteiger partial charge in [0.15, 0.2) is 0 Å². The molecule has 1 aliphatic rings. The van der Waals surface area contributed by atoms with E-state index in [0.717, 1.165) is 25.8 Å². The molecule has 26 heavy (non-hydrogen) atoms. The number of benzene rings is 3. The number of fused-ring (bicyclic) bond motifs is 1. The molecular formula is C24H25NO. The molecule has 4 rings (SSSR count). The molecule has 1 saturated heterocycles. The minimum absolute atomic E-state index is 0.153. The van der Waals surface area contributed by atoms with Crippen LogP contribution in [-0.2, 0) is 11.2 Å². The molecule has 0 spiro atoms. The lowest BCUT2D eigenvalue weighted by molar-refractivity contribution is -0.132. The third kappa shape index (κ3) is 3.24. The molecule has 1 amide bonds. The van der Waals surface area contributed by atoms with Crippen molar-refractivity contribution in [3.05, 3.63) is 83.9 Å². The van der Waals surface area contributed by atoms with Crippen LogP contribution >= 0.6 is 0 Å². The van der Waals surface area contributed by atoms with E-state index in [1.165, 1.54) is 21.9 Å². The molecule has 1 heterocycles. The molecule has 1 aliphatic heterocycles. The van der Waals surface area contributed by atoms with E-state index in [1.54, 1.807) is 0 Å². The number of likely N-dealkylation sites (tertiary alicyclic amines) is 1. The molecule has 1 fully saturated rings. The van der Waals surface area contributed by atoms with Crippen LogP contribution in [0.2, 0.25) is 0 Å². The van der Waals surface area contributed by atoms with E-state index in [4.69, 9.17) is 0 Å². The standard InChI is InChI=1S/C24H25NO/c1-18(19-8-3-2-4-9-19)25-17-16-22(24(25)26)15-14-21-12-7-11-20-10-5-6-13-23(20)21/h2-13,18,22H,14-17H2,1H3/t18-,22+/m0/s1. The smallest absolute Gasteiger partial charge is 0.226 e. The predicted molar refractivity (Wildman–Crippen MR) is 107 cm³/mol. The number of aryl methyl sites for hydroxylation is 1. The van der Waals surface area contributed by atoms with Crippen LogP contribution in [0.15, 0.2) is 72.8 Å². The van der Waals surface area contributed by atoms with Crippen LogP contribution in [0.4, 0.5) is 0 Å². The third-order valence-corrected chi connectivity index (χ3v) is 5.74. The largest absolute Gasteiger partial charge is 0.336 e. The molecular weight excluding hydrogens is 318 g/mol. The van der Waals surface area contributed by atoms with E-state index >= 15 is 0 Å². The van der Waals surface area contributed by atoms with Crippen LogP contribution in [0.25, 0.3) is 10.8 Å². The molecule has 132 valence electrons. The monoisotopic (exact) mass is 343 g/mol. The first-order chi connectivity index (χ1) is 12.7. The number of rotatable bonds is 5. The molecule has 2 heteroatoms. The molecule has 0 unspecified atom stereocenters. The van der Waals surface area contributed by atoms with Gasteiger partial charge in [-0.2, -0.15) is 0 Å². The molecule has 3 aromatic rings. The van der Waals surface area contributed by atoms with Crippen LogP contribution in [0.3, 0.4) is 0 Å². The fourth-order valence-electron chi connectivity index (χ4n) is 4.17. The lowest BCUT2D eigenvalue weighted by Gasteiger charge is -2.25. The maximum atomic E-state index is 12.9. The normalized spacial score (nSPS) is 18.4. The van der Waals surface area contributed by atoms with Gasteiger partial charge in [0.25, 0.3) is 0 Å². The summed E-state index contributed by atoms with van der Waals surface area (Å²) in [5.41, 5.74) is 2.57. The van der Waals surface area contributed by atoms with Gasteiger partial charge in [0.2, 0.25) is 5.91 Å². The van der Waals surface area contributed by atoms with Crippen molar-refractivity contribution in [2.45, 2.75) is 32.2 Å². The highest BCUT2D eigenvalue weighted by Gasteiger charge is 2.34. The molecule has 0 aliphatic carbocycles. The summed E-state index contributed by atoms with van der Waals surface area (Å²) in [4.78, 5) is 15.0. The van der Waals surface area contributed by atoms with E-state index in [9.17, 15) is 4.79 Å². The first-order valence-electron chi connectivity index (χ1n) is 9.56. The Kier molecular flexibility index (Phi) is 4.75. The van der Waals surface area contributed by atoms with Gasteiger partial charge in [-0.05, 0) is 48.1 Å². The zero-order chi connectivity index (χ0) is 17.9. The molecule has 0 radical (unpaired) electrons. The number of carbonyl (C=O) groups excluding carboxylic acids is 1. The van der Waals surface area contributed by atoms with Crippen molar-refractivity contribution in [2.75, 3.05) is 6.54 Å². The fourth-order valence-corrected chi connectivity index (χ4v) is 4.17. The summed E-state index contributed by atoms with van der Waals surface area (Å²) in [7, 11) is 0. The van der Waals surface area contributed by atoms with E-state index in [0.29, 0.717) is 5.91 Å². The van der Waals surface area contributed by atoms with Gasteiger partial charge in [0.1, 0.15) is 0 Å². The minimum Gasteiger partial charge on any atom is -0.336 e. The number of amides is 1. The van der Waals surface area contributed by atoms with Gasteiger partial charge in [-0.25, -0.2) is 0 Å². The van der Waals surface area contributed by atoms with Crippen LogP contribution < -0.4 is 0 Å². The first kappa shape index (κ1) is 16.8. The number of nitrogens with zero attached hydrogens (tertiary/aromatic N) is 1. The Labute approximate surface area is 155 Å². The highest BCUT2D eigenvalue weighted by atomic mass is 16.2. The van der Waals surface area contributed by atoms with E-state index < -0.39 is 0 Å². The third-order valence-electron chi connectivity index (χ3n) is 5.74. The second kappa shape index (κ2) is 7.33. The fraction of sp³-hybridized carbons (Fsp3) is 0.292. The van der Waals surface area contributed by atoms with Crippen molar-refractivity contribution < 1.29 is 4.79 Å². The van der Waals surface area contributed by atoms with Crippen molar-refractivity contribution in [3.8, 4) is 0 Å². The quantitative estimate of drug-likeness (QED) is 0.609. The van der Waals surface area contributed by atoms with Crippen molar-refractivity contribution in [2.24, 2.45) is 5.92 Å². The summed E-state index contributed by atoms with van der Waals surface area (Å²) < 4.78 is 0. The maximum Gasteiger partial charge on any atom is 0.226 e. The Hall–Kier alpha value is -2.61. The Morgan fingerprint density at radius 2 is 1.69 bits per heavy atom. The lowest BCUT2D eigenvalue weighted by Crippen LogP contribution is -2.30. The Morgan fingerprint density at radius 3 is 2.54 bits per heavy atom. The maximum absolute atomic E-state index is 12.9. The molecule has 0 N–H and O–H groups in total. The van der Waals surface area contributed by atoms with Crippen molar-refractivity contribution >= 4 is 16.7 Å². The molecule has 3 aromatic carbocycles. The van der Waals surface area contributed by atoms with Gasteiger partial charge in [-0.1, -0.05) is 72.8 Å². The average Bonchev–Trinajstić information content (AvgIpc) is 3.07. The van der Waals surface area contributed by atoms with Crippen molar-refractivity contribution in [1.82, 2.24) is 4.90 Å². The summed E-state index contributed by atoms with van der Waals surface area (Å²) in [6.45, 7) is 3.01. The SMILES string of the molecule is C[C@@H](c1ccccc1)N1CC[C@@H](CCc2cccc3ccccc23)C1=O. The van der Waals surface area contributed by atoms with Gasteiger partial charge >= 0.3 is 0 Å². The second-order valence-electron chi connectivity index (χ2n) is 7.28. The van der Waals surface area contributed by atoms with Gasteiger partial charge in [-0.15, -0.1) is 0 Å². The van der Waals surface area contributed by atoms with Crippen LogP contribution in [-0.4, -0.2) is 17.4 Å². The van der Waals surface area contributed by atoms with Gasteiger partial charge in [-0.3, -0.25) is 4.79 Å². The summed E-state index contributed by atoms with van der Waals surface area (Å²) in [5, 5.41) is 2.59. The topological polar surface area (TPSA) is 20.3 Å². The van der Waals surface area contributed by atoms with Crippen molar-refractivity contribution in [3.63, 3.8) is 0 Å². The zero-order valence-electron chi connectivity index (χ0n) is 15.3.